The van der Waals surface area contributed by atoms with Crippen LogP contribution < -0.4 is 5.32 Å². The van der Waals surface area contributed by atoms with Crippen molar-refractivity contribution in [1.82, 2.24) is 20.0 Å². The Morgan fingerprint density at radius 3 is 2.92 bits per heavy atom. The highest BCUT2D eigenvalue weighted by molar-refractivity contribution is 9.10. The van der Waals surface area contributed by atoms with Gasteiger partial charge in [0.1, 0.15) is 5.82 Å². The second-order valence-corrected chi connectivity index (χ2v) is 7.16. The topological polar surface area (TPSA) is 50.2 Å². The maximum Gasteiger partial charge on any atom is 0.227 e. The minimum Gasteiger partial charge on any atom is -0.341 e. The number of hydrogen-bond donors (Lipinski definition) is 1. The van der Waals surface area contributed by atoms with E-state index in [1.54, 1.807) is 28.8 Å². The number of aromatic nitrogens is 2. The van der Waals surface area contributed by atoms with Crippen molar-refractivity contribution in [2.24, 2.45) is 13.0 Å². The van der Waals surface area contributed by atoms with E-state index in [0.717, 1.165) is 16.6 Å². The van der Waals surface area contributed by atoms with E-state index in [9.17, 15) is 9.18 Å². The van der Waals surface area contributed by atoms with Crippen molar-refractivity contribution in [1.29, 1.82) is 0 Å². The Morgan fingerprint density at radius 2 is 2.24 bits per heavy atom. The zero-order valence-corrected chi connectivity index (χ0v) is 16.5. The second kappa shape index (κ2) is 8.29. The molecule has 8 heteroatoms. The first-order valence-corrected chi connectivity index (χ1v) is 8.63. The number of hydrogen-bond acceptors (Lipinski definition) is 3. The molecule has 0 bridgehead atoms. The van der Waals surface area contributed by atoms with Gasteiger partial charge < -0.3 is 10.2 Å². The Morgan fingerprint density at radius 1 is 1.48 bits per heavy atom. The van der Waals surface area contributed by atoms with Crippen LogP contribution in [0.15, 0.2) is 35.1 Å². The van der Waals surface area contributed by atoms with Gasteiger partial charge in [-0.05, 0) is 23.8 Å². The fourth-order valence-corrected chi connectivity index (χ4v) is 3.61. The molecule has 2 atom stereocenters. The summed E-state index contributed by atoms with van der Waals surface area (Å²) in [5, 5.41) is 7.48. The van der Waals surface area contributed by atoms with Crippen LogP contribution in [0.3, 0.4) is 0 Å². The van der Waals surface area contributed by atoms with Gasteiger partial charge in [0, 0.05) is 55.9 Å². The van der Waals surface area contributed by atoms with E-state index in [1.165, 1.54) is 6.07 Å². The minimum absolute atomic E-state index is 0. The zero-order valence-electron chi connectivity index (χ0n) is 14.1. The maximum atomic E-state index is 13.9. The van der Waals surface area contributed by atoms with E-state index in [2.05, 4.69) is 26.3 Å². The molecule has 2 heterocycles. The molecule has 25 heavy (non-hydrogen) atoms. The Kier molecular flexibility index (Phi) is 6.59. The molecule has 136 valence electrons. The van der Waals surface area contributed by atoms with E-state index in [0.29, 0.717) is 12.1 Å². The predicted molar refractivity (Wildman–Crippen MR) is 100 cm³/mol. The average molecular weight is 432 g/mol. The number of benzene rings is 1. The summed E-state index contributed by atoms with van der Waals surface area (Å²) in [7, 11) is 3.59. The number of halogens is 3. The largest absolute Gasteiger partial charge is 0.341 e. The van der Waals surface area contributed by atoms with Crippen LogP contribution in [0.25, 0.3) is 0 Å². The summed E-state index contributed by atoms with van der Waals surface area (Å²) in [4.78, 5) is 14.5. The van der Waals surface area contributed by atoms with Crippen LogP contribution in [0.5, 0.6) is 0 Å². The lowest BCUT2D eigenvalue weighted by molar-refractivity contribution is -0.134. The van der Waals surface area contributed by atoms with E-state index in [1.807, 2.05) is 19.4 Å². The standard InChI is InChI=1S/C17H20BrFN4O.ClH/c1-22(9-11-5-13(18)3-4-16(11)19)17(24)15-8-20-7-14(15)12-6-21-23(2)10-12;/h3-6,10,14-15,20H,7-9H2,1-2H3;1H/t14-,15+;/m1./s1. The SMILES string of the molecule is CN(Cc1cc(Br)ccc1F)C(=O)[C@H]1CNC[C@@H]1c1cnn(C)c1.Cl. The first kappa shape index (κ1) is 19.9. The molecule has 0 aliphatic carbocycles. The fraction of sp³-hybridized carbons (Fsp3) is 0.412. The van der Waals surface area contributed by atoms with Gasteiger partial charge in [-0.25, -0.2) is 4.39 Å². The third kappa shape index (κ3) is 4.40. The molecule has 0 unspecified atom stereocenters. The van der Waals surface area contributed by atoms with Gasteiger partial charge >= 0.3 is 0 Å². The quantitative estimate of drug-likeness (QED) is 0.810. The van der Waals surface area contributed by atoms with Crippen molar-refractivity contribution < 1.29 is 9.18 Å². The molecule has 1 saturated heterocycles. The Bertz CT molecular complexity index is 754. The molecule has 2 aromatic rings. The van der Waals surface area contributed by atoms with Gasteiger partial charge in [0.05, 0.1) is 12.1 Å². The van der Waals surface area contributed by atoms with Crippen molar-refractivity contribution in [3.8, 4) is 0 Å². The lowest BCUT2D eigenvalue weighted by Crippen LogP contribution is -2.35. The van der Waals surface area contributed by atoms with Crippen molar-refractivity contribution in [2.45, 2.75) is 12.5 Å². The zero-order chi connectivity index (χ0) is 17.3. The molecular weight excluding hydrogens is 411 g/mol. The minimum atomic E-state index is -0.300. The lowest BCUT2D eigenvalue weighted by Gasteiger charge is -2.24. The molecule has 1 aliphatic rings. The normalized spacial score (nSPS) is 19.5. The van der Waals surface area contributed by atoms with Crippen molar-refractivity contribution in [3.63, 3.8) is 0 Å². The maximum absolute atomic E-state index is 13.9. The highest BCUT2D eigenvalue weighted by Gasteiger charge is 2.36. The number of nitrogens with one attached hydrogen (secondary N) is 1. The summed E-state index contributed by atoms with van der Waals surface area (Å²) in [6.45, 7) is 1.63. The molecular formula is C17H21BrClFN4O. The molecule has 1 aromatic heterocycles. The van der Waals surface area contributed by atoms with Gasteiger partial charge in [0.15, 0.2) is 0 Å². The summed E-state index contributed by atoms with van der Waals surface area (Å²) < 4.78 is 16.5. The van der Waals surface area contributed by atoms with Gasteiger partial charge in [-0.1, -0.05) is 15.9 Å². The smallest absolute Gasteiger partial charge is 0.227 e. The van der Waals surface area contributed by atoms with Gasteiger partial charge in [0.2, 0.25) is 5.91 Å². The Balaban J connectivity index is 0.00000225. The van der Waals surface area contributed by atoms with Crippen molar-refractivity contribution in [3.05, 3.63) is 52.0 Å². The molecule has 3 rings (SSSR count). The molecule has 1 aliphatic heterocycles. The fourth-order valence-electron chi connectivity index (χ4n) is 3.20. The van der Waals surface area contributed by atoms with Crippen LogP contribution in [-0.4, -0.2) is 40.7 Å². The summed E-state index contributed by atoms with van der Waals surface area (Å²) >= 11 is 3.34. The number of rotatable bonds is 4. The molecule has 1 aromatic carbocycles. The molecule has 0 spiro atoms. The van der Waals surface area contributed by atoms with E-state index in [-0.39, 0.29) is 42.5 Å². The van der Waals surface area contributed by atoms with Crippen LogP contribution in [0.4, 0.5) is 4.39 Å². The average Bonchev–Trinajstić information content (AvgIpc) is 3.18. The molecule has 1 fully saturated rings. The van der Waals surface area contributed by atoms with Gasteiger partial charge in [0.25, 0.3) is 0 Å². The van der Waals surface area contributed by atoms with Crippen LogP contribution in [-0.2, 0) is 18.4 Å². The third-order valence-electron chi connectivity index (χ3n) is 4.48. The third-order valence-corrected chi connectivity index (χ3v) is 4.97. The second-order valence-electron chi connectivity index (χ2n) is 6.25. The molecule has 0 saturated carbocycles. The molecule has 5 nitrogen and oxygen atoms in total. The highest BCUT2D eigenvalue weighted by Crippen LogP contribution is 2.29. The lowest BCUT2D eigenvalue weighted by atomic mass is 9.90. The summed E-state index contributed by atoms with van der Waals surface area (Å²) in [5.41, 5.74) is 1.56. The first-order valence-electron chi connectivity index (χ1n) is 7.84. The van der Waals surface area contributed by atoms with Gasteiger partial charge in [-0.3, -0.25) is 9.48 Å². The number of aryl methyl sites for hydroxylation is 1. The number of carbonyl (C=O) groups is 1. The van der Waals surface area contributed by atoms with Gasteiger partial charge in [-0.15, -0.1) is 12.4 Å². The summed E-state index contributed by atoms with van der Waals surface area (Å²) in [6, 6.07) is 4.78. The van der Waals surface area contributed by atoms with Crippen molar-refractivity contribution in [2.75, 3.05) is 20.1 Å². The van der Waals surface area contributed by atoms with Crippen molar-refractivity contribution >= 4 is 34.2 Å². The van der Waals surface area contributed by atoms with Crippen LogP contribution >= 0.6 is 28.3 Å². The van der Waals surface area contributed by atoms with E-state index < -0.39 is 0 Å². The van der Waals surface area contributed by atoms with Crippen LogP contribution in [0.1, 0.15) is 17.0 Å². The van der Waals surface area contributed by atoms with E-state index >= 15 is 0 Å². The Labute approximate surface area is 161 Å². The molecule has 0 radical (unpaired) electrons. The number of nitrogens with zero attached hydrogens (tertiary/aromatic N) is 3. The first-order chi connectivity index (χ1) is 11.5. The monoisotopic (exact) mass is 430 g/mol. The van der Waals surface area contributed by atoms with Crippen LogP contribution in [0, 0.1) is 11.7 Å². The molecule has 1 N–H and O–H groups in total. The summed E-state index contributed by atoms with van der Waals surface area (Å²) in [5.74, 6) is -0.338. The molecule has 1 amide bonds. The van der Waals surface area contributed by atoms with Gasteiger partial charge in [-0.2, -0.15) is 5.10 Å². The number of carbonyl (C=O) groups excluding carboxylic acids is 1. The number of amides is 1. The highest BCUT2D eigenvalue weighted by atomic mass is 79.9. The van der Waals surface area contributed by atoms with Crippen LogP contribution in [0.2, 0.25) is 0 Å². The Hall–Kier alpha value is -1.44. The van der Waals surface area contributed by atoms with E-state index in [4.69, 9.17) is 0 Å². The predicted octanol–water partition coefficient (Wildman–Crippen LogP) is 2.71. The summed E-state index contributed by atoms with van der Waals surface area (Å²) in [6.07, 6.45) is 3.76.